The van der Waals surface area contributed by atoms with Crippen molar-refractivity contribution in [2.75, 3.05) is 0 Å². The Morgan fingerprint density at radius 3 is 2.72 bits per heavy atom. The molecule has 0 aliphatic heterocycles. The zero-order valence-corrected chi connectivity index (χ0v) is 11.6. The van der Waals surface area contributed by atoms with E-state index in [0.29, 0.717) is 17.6 Å². The first kappa shape index (κ1) is 12.0. The predicted molar refractivity (Wildman–Crippen MR) is 73.6 cm³/mol. The maximum absolute atomic E-state index is 12.4. The fourth-order valence-corrected chi connectivity index (χ4v) is 4.31. The first-order chi connectivity index (χ1) is 8.51. The summed E-state index contributed by atoms with van der Waals surface area (Å²) in [6.45, 7) is 6.44. The lowest BCUT2D eigenvalue weighted by Crippen LogP contribution is -2.46. The van der Waals surface area contributed by atoms with E-state index in [1.807, 2.05) is 0 Å². The molecule has 18 heavy (non-hydrogen) atoms. The Morgan fingerprint density at radius 1 is 1.22 bits per heavy atom. The lowest BCUT2D eigenvalue weighted by molar-refractivity contribution is -0.139. The van der Waals surface area contributed by atoms with Gasteiger partial charge in [-0.1, -0.05) is 45.0 Å². The van der Waals surface area contributed by atoms with Gasteiger partial charge in [0.25, 0.3) is 0 Å². The van der Waals surface area contributed by atoms with Gasteiger partial charge in [0.15, 0.2) is 0 Å². The second-order valence-electron chi connectivity index (χ2n) is 6.67. The van der Waals surface area contributed by atoms with Gasteiger partial charge in [0.05, 0.1) is 0 Å². The summed E-state index contributed by atoms with van der Waals surface area (Å²) in [6, 6.07) is 8.83. The van der Waals surface area contributed by atoms with Crippen molar-refractivity contribution in [1.29, 1.82) is 0 Å². The zero-order valence-electron chi connectivity index (χ0n) is 11.6. The van der Waals surface area contributed by atoms with E-state index >= 15 is 0 Å². The van der Waals surface area contributed by atoms with Gasteiger partial charge in [-0.2, -0.15) is 0 Å². The van der Waals surface area contributed by atoms with E-state index in [0.717, 1.165) is 12.8 Å². The molecule has 0 saturated heterocycles. The Hall–Kier alpha value is -1.11. The smallest absolute Gasteiger partial charge is 0.141 e. The molecule has 0 N–H and O–H groups in total. The van der Waals surface area contributed by atoms with E-state index in [-0.39, 0.29) is 11.3 Å². The maximum Gasteiger partial charge on any atom is 0.141 e. The number of benzene rings is 1. The molecule has 2 aliphatic rings. The topological polar surface area (TPSA) is 17.1 Å². The summed E-state index contributed by atoms with van der Waals surface area (Å²) in [6.07, 6.45) is 3.36. The molecule has 1 saturated carbocycles. The summed E-state index contributed by atoms with van der Waals surface area (Å²) < 4.78 is 0. The summed E-state index contributed by atoms with van der Waals surface area (Å²) in [5, 5.41) is 0. The van der Waals surface area contributed by atoms with Crippen molar-refractivity contribution in [1.82, 2.24) is 0 Å². The van der Waals surface area contributed by atoms with Crippen LogP contribution >= 0.6 is 0 Å². The van der Waals surface area contributed by atoms with Crippen molar-refractivity contribution < 1.29 is 4.79 Å². The number of fused-ring (bicyclic) bond motifs is 3. The van der Waals surface area contributed by atoms with Gasteiger partial charge in [-0.3, -0.25) is 4.79 Å². The van der Waals surface area contributed by atoms with Crippen LogP contribution in [0, 0.1) is 17.3 Å². The van der Waals surface area contributed by atoms with Gasteiger partial charge in [0.1, 0.15) is 5.78 Å². The summed E-state index contributed by atoms with van der Waals surface area (Å²) in [5.74, 6) is 1.82. The summed E-state index contributed by atoms with van der Waals surface area (Å²) >= 11 is 0. The Balaban J connectivity index is 2.06. The summed E-state index contributed by atoms with van der Waals surface area (Å²) in [5.41, 5.74) is 2.88. The van der Waals surface area contributed by atoms with Crippen molar-refractivity contribution in [2.45, 2.75) is 46.0 Å². The molecular weight excluding hydrogens is 220 g/mol. The molecule has 0 amide bonds. The second-order valence-corrected chi connectivity index (χ2v) is 6.67. The highest BCUT2D eigenvalue weighted by atomic mass is 16.1. The van der Waals surface area contributed by atoms with Crippen LogP contribution in [0.4, 0.5) is 0 Å². The van der Waals surface area contributed by atoms with Gasteiger partial charge in [-0.25, -0.2) is 0 Å². The minimum Gasteiger partial charge on any atom is -0.299 e. The van der Waals surface area contributed by atoms with E-state index in [1.165, 1.54) is 17.5 Å². The average Bonchev–Trinajstić information content (AvgIpc) is 2.36. The number of rotatable bonds is 0. The van der Waals surface area contributed by atoms with E-state index in [1.54, 1.807) is 0 Å². The summed E-state index contributed by atoms with van der Waals surface area (Å²) in [7, 11) is 0. The molecule has 3 unspecified atom stereocenters. The minimum atomic E-state index is -0.143. The fraction of sp³-hybridized carbons (Fsp3) is 0.588. The van der Waals surface area contributed by atoms with Gasteiger partial charge in [-0.05, 0) is 42.2 Å². The molecule has 1 fully saturated rings. The van der Waals surface area contributed by atoms with Gasteiger partial charge >= 0.3 is 0 Å². The molecule has 1 nitrogen and oxygen atoms in total. The monoisotopic (exact) mass is 242 g/mol. The standard InChI is InChI=1S/C17H22O/c1-11-10-14-13-7-5-4-6-12(13)8-9-15(14)17(2,3)16(11)18/h4-7,11,14-15H,8-10H2,1-3H3. The summed E-state index contributed by atoms with van der Waals surface area (Å²) in [4.78, 5) is 12.4. The van der Waals surface area contributed by atoms with Gasteiger partial charge < -0.3 is 0 Å². The van der Waals surface area contributed by atoms with Crippen LogP contribution in [0.2, 0.25) is 0 Å². The van der Waals surface area contributed by atoms with Crippen LogP contribution in [0.15, 0.2) is 24.3 Å². The van der Waals surface area contributed by atoms with Crippen molar-refractivity contribution in [3.8, 4) is 0 Å². The molecule has 2 aliphatic carbocycles. The molecule has 0 radical (unpaired) electrons. The van der Waals surface area contributed by atoms with Crippen molar-refractivity contribution >= 4 is 5.78 Å². The number of hydrogen-bond donors (Lipinski definition) is 0. The molecule has 96 valence electrons. The van der Waals surface area contributed by atoms with Crippen molar-refractivity contribution in [2.24, 2.45) is 17.3 Å². The number of aryl methyl sites for hydroxylation is 1. The van der Waals surface area contributed by atoms with E-state index in [4.69, 9.17) is 0 Å². The highest BCUT2D eigenvalue weighted by molar-refractivity contribution is 5.87. The molecule has 0 aromatic heterocycles. The van der Waals surface area contributed by atoms with E-state index in [9.17, 15) is 4.79 Å². The normalized spacial score (nSPS) is 33.7. The highest BCUT2D eigenvalue weighted by Gasteiger charge is 2.49. The third-order valence-corrected chi connectivity index (χ3v) is 5.28. The first-order valence-corrected chi connectivity index (χ1v) is 7.14. The molecule has 0 spiro atoms. The van der Waals surface area contributed by atoms with Crippen LogP contribution in [0.25, 0.3) is 0 Å². The Labute approximate surface area is 110 Å². The molecular formula is C17H22O. The van der Waals surface area contributed by atoms with Crippen LogP contribution in [0.3, 0.4) is 0 Å². The van der Waals surface area contributed by atoms with Crippen molar-refractivity contribution in [3.63, 3.8) is 0 Å². The van der Waals surface area contributed by atoms with Gasteiger partial charge in [-0.15, -0.1) is 0 Å². The molecule has 1 aromatic carbocycles. The van der Waals surface area contributed by atoms with Crippen LogP contribution in [0.5, 0.6) is 0 Å². The number of carbonyl (C=O) groups excluding carboxylic acids is 1. The van der Waals surface area contributed by atoms with E-state index < -0.39 is 0 Å². The third kappa shape index (κ3) is 1.56. The van der Waals surface area contributed by atoms with Gasteiger partial charge in [0.2, 0.25) is 0 Å². The SMILES string of the molecule is CC1CC2c3ccccc3CCC2C(C)(C)C1=O. The van der Waals surface area contributed by atoms with Crippen LogP contribution in [-0.4, -0.2) is 5.78 Å². The average molecular weight is 242 g/mol. The third-order valence-electron chi connectivity index (χ3n) is 5.28. The largest absolute Gasteiger partial charge is 0.299 e. The zero-order chi connectivity index (χ0) is 12.9. The van der Waals surface area contributed by atoms with Gasteiger partial charge in [0, 0.05) is 11.3 Å². The lowest BCUT2D eigenvalue weighted by atomic mass is 9.55. The Kier molecular flexibility index (Phi) is 2.62. The van der Waals surface area contributed by atoms with Crippen LogP contribution in [-0.2, 0) is 11.2 Å². The predicted octanol–water partition coefficient (Wildman–Crippen LogP) is 3.97. The fourth-order valence-electron chi connectivity index (χ4n) is 4.31. The Morgan fingerprint density at radius 2 is 1.94 bits per heavy atom. The number of carbonyl (C=O) groups is 1. The number of Topliss-reactive ketones (excluding diaryl/α,β-unsaturated/α-hetero) is 1. The molecule has 3 atom stereocenters. The quantitative estimate of drug-likeness (QED) is 0.673. The van der Waals surface area contributed by atoms with Crippen LogP contribution in [0.1, 0.15) is 50.7 Å². The lowest BCUT2D eigenvalue weighted by Gasteiger charge is -2.48. The first-order valence-electron chi connectivity index (χ1n) is 7.14. The van der Waals surface area contributed by atoms with Crippen molar-refractivity contribution in [3.05, 3.63) is 35.4 Å². The molecule has 0 bridgehead atoms. The Bertz CT molecular complexity index is 486. The molecule has 3 rings (SSSR count). The highest BCUT2D eigenvalue weighted by Crippen LogP contribution is 2.53. The number of hydrogen-bond acceptors (Lipinski definition) is 1. The minimum absolute atomic E-state index is 0.143. The maximum atomic E-state index is 12.4. The second kappa shape index (κ2) is 3.94. The number of ketones is 1. The molecule has 1 aromatic rings. The molecule has 1 heteroatoms. The van der Waals surface area contributed by atoms with Crippen LogP contribution < -0.4 is 0 Å². The van der Waals surface area contributed by atoms with E-state index in [2.05, 4.69) is 45.0 Å². The molecule has 0 heterocycles.